The average Bonchev–Trinajstić information content (AvgIpc) is 3.28. The Morgan fingerprint density at radius 1 is 1.22 bits per heavy atom. The quantitative estimate of drug-likeness (QED) is 0.745. The number of nitrogens with one attached hydrogen (secondary N) is 1. The van der Waals surface area contributed by atoms with Gasteiger partial charge in [-0.3, -0.25) is 4.79 Å². The van der Waals surface area contributed by atoms with Gasteiger partial charge in [-0.15, -0.1) is 0 Å². The Balaban J connectivity index is 1.56. The zero-order chi connectivity index (χ0) is 19.0. The van der Waals surface area contributed by atoms with Crippen molar-refractivity contribution < 1.29 is 17.6 Å². The van der Waals surface area contributed by atoms with Crippen molar-refractivity contribution in [3.63, 3.8) is 0 Å². The third kappa shape index (κ3) is 3.33. The van der Waals surface area contributed by atoms with Gasteiger partial charge in [0.1, 0.15) is 11.6 Å². The summed E-state index contributed by atoms with van der Waals surface area (Å²) < 4.78 is 32.5. The van der Waals surface area contributed by atoms with Crippen molar-refractivity contribution in [2.24, 2.45) is 0 Å². The molecule has 1 fully saturated rings. The molecular weight excluding hydrogens is 366 g/mol. The first-order valence-corrected chi connectivity index (χ1v) is 10.1. The lowest BCUT2D eigenvalue weighted by molar-refractivity contribution is -0.119. The molecule has 2 heterocycles. The van der Waals surface area contributed by atoms with Gasteiger partial charge in [0.2, 0.25) is 15.9 Å². The van der Waals surface area contributed by atoms with Crippen LogP contribution in [0.3, 0.4) is 0 Å². The van der Waals surface area contributed by atoms with Crippen LogP contribution in [-0.4, -0.2) is 36.2 Å². The topological polar surface area (TPSA) is 92.5 Å². The van der Waals surface area contributed by atoms with Crippen molar-refractivity contribution in [2.45, 2.75) is 30.7 Å². The summed E-state index contributed by atoms with van der Waals surface area (Å²) in [6.07, 6.45) is 1.13. The van der Waals surface area contributed by atoms with Crippen LogP contribution in [0.2, 0.25) is 0 Å². The monoisotopic (exact) mass is 385 g/mol. The molecule has 1 N–H and O–H groups in total. The van der Waals surface area contributed by atoms with Crippen LogP contribution < -0.4 is 5.32 Å². The van der Waals surface area contributed by atoms with E-state index >= 15 is 0 Å². The van der Waals surface area contributed by atoms with Crippen molar-refractivity contribution in [3.05, 3.63) is 54.4 Å². The number of aryl methyl sites for hydroxylation is 1. The number of carbonyl (C=O) groups excluding carboxylic acids is 1. The lowest BCUT2D eigenvalue weighted by Gasteiger charge is -2.23. The molecule has 7 nitrogen and oxygen atoms in total. The fourth-order valence-electron chi connectivity index (χ4n) is 3.36. The van der Waals surface area contributed by atoms with Crippen LogP contribution in [0.5, 0.6) is 0 Å². The summed E-state index contributed by atoms with van der Waals surface area (Å²) in [7, 11) is -3.71. The zero-order valence-electron chi connectivity index (χ0n) is 14.8. The highest BCUT2D eigenvalue weighted by molar-refractivity contribution is 7.89. The molecule has 1 atom stereocenters. The number of rotatable bonds is 4. The number of amides is 1. The first kappa shape index (κ1) is 17.7. The number of carbonyl (C=O) groups is 1. The Labute approximate surface area is 157 Å². The van der Waals surface area contributed by atoms with E-state index in [1.165, 1.54) is 4.31 Å². The minimum Gasteiger partial charge on any atom is -0.441 e. The molecule has 1 saturated heterocycles. The van der Waals surface area contributed by atoms with Crippen molar-refractivity contribution in [1.82, 2.24) is 9.29 Å². The molecule has 1 aromatic heterocycles. The highest BCUT2D eigenvalue weighted by Crippen LogP contribution is 2.27. The molecular formula is C19H19N3O4S. The second kappa shape index (κ2) is 6.79. The molecule has 0 bridgehead atoms. The summed E-state index contributed by atoms with van der Waals surface area (Å²) >= 11 is 0. The first-order chi connectivity index (χ1) is 12.9. The van der Waals surface area contributed by atoms with Gasteiger partial charge in [-0.05, 0) is 43.2 Å². The number of anilines is 1. The number of nitrogens with zero attached hydrogens (tertiary/aromatic N) is 2. The predicted octanol–water partition coefficient (Wildman–Crippen LogP) is 2.93. The van der Waals surface area contributed by atoms with Gasteiger partial charge < -0.3 is 9.73 Å². The summed E-state index contributed by atoms with van der Waals surface area (Å²) in [5.74, 6) is 0.205. The fraction of sp³-hybridized carbons (Fsp3) is 0.263. The summed E-state index contributed by atoms with van der Waals surface area (Å²) in [5, 5.41) is 2.81. The predicted molar refractivity (Wildman–Crippen MR) is 101 cm³/mol. The normalized spacial score (nSPS) is 18.0. The van der Waals surface area contributed by atoms with E-state index in [-0.39, 0.29) is 10.8 Å². The van der Waals surface area contributed by atoms with Gasteiger partial charge in [0.05, 0.1) is 4.90 Å². The summed E-state index contributed by atoms with van der Waals surface area (Å²) in [5.41, 5.74) is 1.84. The Morgan fingerprint density at radius 3 is 2.78 bits per heavy atom. The van der Waals surface area contributed by atoms with Crippen molar-refractivity contribution in [3.8, 4) is 0 Å². The Hall–Kier alpha value is -2.71. The molecule has 0 spiro atoms. The highest BCUT2D eigenvalue weighted by Gasteiger charge is 2.39. The molecule has 27 heavy (non-hydrogen) atoms. The number of fused-ring (bicyclic) bond motifs is 1. The molecule has 1 amide bonds. The third-order valence-corrected chi connectivity index (χ3v) is 6.54. The van der Waals surface area contributed by atoms with Crippen LogP contribution in [0.15, 0.2) is 57.8 Å². The standard InChI is InChI=1S/C19H19N3O4S/c1-13-20-16-12-14(9-10-18(16)26-13)21-19(23)17-8-5-11-22(17)27(24,25)15-6-3-2-4-7-15/h2-4,6-7,9-10,12,17H,5,8,11H2,1H3,(H,21,23)/t17-/m0/s1. The molecule has 4 rings (SSSR count). The summed E-state index contributed by atoms with van der Waals surface area (Å²) in [6, 6.07) is 12.6. The zero-order valence-corrected chi connectivity index (χ0v) is 15.6. The largest absolute Gasteiger partial charge is 0.441 e. The van der Waals surface area contributed by atoms with E-state index in [1.807, 2.05) is 0 Å². The number of aromatic nitrogens is 1. The summed E-state index contributed by atoms with van der Waals surface area (Å²) in [6.45, 7) is 2.08. The molecule has 8 heteroatoms. The second-order valence-corrected chi connectivity index (χ2v) is 8.38. The van der Waals surface area contributed by atoms with Gasteiger partial charge in [0.15, 0.2) is 11.5 Å². The van der Waals surface area contributed by atoms with Gasteiger partial charge in [0.25, 0.3) is 0 Å². The van der Waals surface area contributed by atoms with E-state index in [2.05, 4.69) is 10.3 Å². The number of benzene rings is 2. The smallest absolute Gasteiger partial charge is 0.243 e. The maximum Gasteiger partial charge on any atom is 0.243 e. The Bertz CT molecular complexity index is 1090. The third-order valence-electron chi connectivity index (χ3n) is 4.62. The maximum absolute atomic E-state index is 12.9. The van der Waals surface area contributed by atoms with Crippen LogP contribution >= 0.6 is 0 Å². The van der Waals surface area contributed by atoms with Gasteiger partial charge in [-0.25, -0.2) is 13.4 Å². The van der Waals surface area contributed by atoms with E-state index in [1.54, 1.807) is 55.5 Å². The number of hydrogen-bond acceptors (Lipinski definition) is 5. The van der Waals surface area contributed by atoms with E-state index in [0.29, 0.717) is 42.1 Å². The van der Waals surface area contributed by atoms with Crippen LogP contribution in [0, 0.1) is 6.92 Å². The molecule has 0 unspecified atom stereocenters. The first-order valence-electron chi connectivity index (χ1n) is 8.70. The average molecular weight is 385 g/mol. The molecule has 2 aromatic carbocycles. The molecule has 140 valence electrons. The van der Waals surface area contributed by atoms with Crippen LogP contribution in [0.1, 0.15) is 18.7 Å². The van der Waals surface area contributed by atoms with E-state index < -0.39 is 16.1 Å². The second-order valence-electron chi connectivity index (χ2n) is 6.49. The highest BCUT2D eigenvalue weighted by atomic mass is 32.2. The maximum atomic E-state index is 12.9. The van der Waals surface area contributed by atoms with E-state index in [4.69, 9.17) is 4.42 Å². The van der Waals surface area contributed by atoms with Crippen LogP contribution in [-0.2, 0) is 14.8 Å². The molecule has 1 aliphatic rings. The summed E-state index contributed by atoms with van der Waals surface area (Å²) in [4.78, 5) is 17.2. The van der Waals surface area contributed by atoms with E-state index in [9.17, 15) is 13.2 Å². The van der Waals surface area contributed by atoms with Crippen molar-refractivity contribution >= 4 is 32.7 Å². The van der Waals surface area contributed by atoms with Crippen LogP contribution in [0.4, 0.5) is 5.69 Å². The number of oxazole rings is 1. The van der Waals surface area contributed by atoms with Crippen molar-refractivity contribution in [2.75, 3.05) is 11.9 Å². The SMILES string of the molecule is Cc1nc2cc(NC(=O)[C@@H]3CCCN3S(=O)(=O)c3ccccc3)ccc2o1. The van der Waals surface area contributed by atoms with Gasteiger partial charge in [-0.2, -0.15) is 4.31 Å². The van der Waals surface area contributed by atoms with Gasteiger partial charge in [-0.1, -0.05) is 18.2 Å². The number of sulfonamides is 1. The molecule has 0 aliphatic carbocycles. The Kier molecular flexibility index (Phi) is 4.45. The fourth-order valence-corrected chi connectivity index (χ4v) is 5.04. The van der Waals surface area contributed by atoms with E-state index in [0.717, 1.165) is 0 Å². The molecule has 3 aromatic rings. The molecule has 0 radical (unpaired) electrons. The Morgan fingerprint density at radius 2 is 2.00 bits per heavy atom. The van der Waals surface area contributed by atoms with Crippen molar-refractivity contribution in [1.29, 1.82) is 0 Å². The van der Waals surface area contributed by atoms with Crippen LogP contribution in [0.25, 0.3) is 11.1 Å². The minimum absolute atomic E-state index is 0.198. The van der Waals surface area contributed by atoms with Gasteiger partial charge >= 0.3 is 0 Å². The minimum atomic E-state index is -3.71. The number of hydrogen-bond donors (Lipinski definition) is 1. The lowest BCUT2D eigenvalue weighted by Crippen LogP contribution is -2.43. The molecule has 1 aliphatic heterocycles. The molecule has 0 saturated carbocycles. The lowest BCUT2D eigenvalue weighted by atomic mass is 10.2. The van der Waals surface area contributed by atoms with Gasteiger partial charge in [0, 0.05) is 19.2 Å².